The lowest BCUT2D eigenvalue weighted by Gasteiger charge is -2.39. The molecule has 0 saturated carbocycles. The van der Waals surface area contributed by atoms with Crippen LogP contribution in [0.3, 0.4) is 0 Å². The molecule has 0 aliphatic carbocycles. The average molecular weight is 332 g/mol. The van der Waals surface area contributed by atoms with Crippen LogP contribution in [0.25, 0.3) is 0 Å². The maximum absolute atomic E-state index is 11.7. The summed E-state index contributed by atoms with van der Waals surface area (Å²) in [6, 6.07) is 4.10. The van der Waals surface area contributed by atoms with E-state index in [2.05, 4.69) is 4.90 Å². The quantitative estimate of drug-likeness (QED) is 0.921. The first-order valence-electron chi connectivity index (χ1n) is 7.19. The minimum Gasteiger partial charge on any atom is -0.450 e. The molecule has 1 saturated heterocycles. The second-order valence-corrected chi connectivity index (χ2v) is 6.91. The molecule has 1 aliphatic rings. The van der Waals surface area contributed by atoms with Gasteiger partial charge in [-0.25, -0.2) is 4.79 Å². The molecule has 1 aliphatic heterocycles. The average Bonchev–Trinajstić information content (AvgIpc) is 2.86. The number of nitrogens with two attached hydrogens (primary N) is 1. The maximum atomic E-state index is 11.7. The summed E-state index contributed by atoms with van der Waals surface area (Å²) in [5.74, 6) is 0. The van der Waals surface area contributed by atoms with E-state index in [0.717, 1.165) is 17.4 Å². The Morgan fingerprint density at radius 1 is 1.43 bits per heavy atom. The van der Waals surface area contributed by atoms with Crippen molar-refractivity contribution in [3.63, 3.8) is 0 Å². The van der Waals surface area contributed by atoms with Crippen LogP contribution in [0, 0.1) is 0 Å². The number of halogens is 1. The van der Waals surface area contributed by atoms with Gasteiger partial charge in [0.05, 0.1) is 17.0 Å². The summed E-state index contributed by atoms with van der Waals surface area (Å²) in [7, 11) is 0. The molecule has 0 bridgehead atoms. The standard InChI is InChI=1S/C14H22ClN3O2S/c1-3-20-14(19)18-8-6-17(7-9-18)13(10(2)16)11-4-5-12(15)21-11/h4-5,10,13H,3,6-9,16H2,1-2H3. The Morgan fingerprint density at radius 3 is 2.57 bits per heavy atom. The van der Waals surface area contributed by atoms with E-state index in [-0.39, 0.29) is 18.2 Å². The lowest BCUT2D eigenvalue weighted by Crippen LogP contribution is -2.52. The van der Waals surface area contributed by atoms with Gasteiger partial charge in [0.2, 0.25) is 0 Å². The van der Waals surface area contributed by atoms with Gasteiger partial charge in [-0.2, -0.15) is 0 Å². The first-order valence-corrected chi connectivity index (χ1v) is 8.39. The van der Waals surface area contributed by atoms with E-state index in [1.807, 2.05) is 26.0 Å². The van der Waals surface area contributed by atoms with Crippen molar-refractivity contribution in [2.24, 2.45) is 5.73 Å². The van der Waals surface area contributed by atoms with E-state index in [9.17, 15) is 4.79 Å². The van der Waals surface area contributed by atoms with Crippen molar-refractivity contribution in [3.05, 3.63) is 21.3 Å². The molecule has 2 heterocycles. The van der Waals surface area contributed by atoms with Crippen LogP contribution in [0.15, 0.2) is 12.1 Å². The number of carbonyl (C=O) groups excluding carboxylic acids is 1. The molecule has 0 spiro atoms. The van der Waals surface area contributed by atoms with E-state index < -0.39 is 0 Å². The van der Waals surface area contributed by atoms with E-state index in [1.165, 1.54) is 4.88 Å². The number of hydrogen-bond donors (Lipinski definition) is 1. The molecule has 0 aromatic carbocycles. The molecule has 2 N–H and O–H groups in total. The van der Waals surface area contributed by atoms with E-state index in [4.69, 9.17) is 22.1 Å². The third-order valence-corrected chi connectivity index (χ3v) is 4.92. The number of rotatable bonds is 4. The Morgan fingerprint density at radius 2 is 2.10 bits per heavy atom. The Hall–Kier alpha value is -0.820. The predicted octanol–water partition coefficient (Wildman–Crippen LogP) is 2.56. The van der Waals surface area contributed by atoms with Gasteiger partial charge in [0, 0.05) is 37.1 Å². The van der Waals surface area contributed by atoms with E-state index >= 15 is 0 Å². The number of hydrogen-bond acceptors (Lipinski definition) is 5. The smallest absolute Gasteiger partial charge is 0.409 e. The van der Waals surface area contributed by atoms with Crippen LogP contribution in [-0.4, -0.2) is 54.7 Å². The van der Waals surface area contributed by atoms with Crippen molar-refractivity contribution in [1.29, 1.82) is 0 Å². The fourth-order valence-corrected chi connectivity index (χ4v) is 3.97. The molecule has 5 nitrogen and oxygen atoms in total. The Kier molecular flexibility index (Phi) is 5.87. The molecule has 1 aromatic rings. The van der Waals surface area contributed by atoms with Gasteiger partial charge in [0.15, 0.2) is 0 Å². The number of amides is 1. The minimum absolute atomic E-state index is 0.00820. The van der Waals surface area contributed by atoms with Crippen LogP contribution in [0.5, 0.6) is 0 Å². The lowest BCUT2D eigenvalue weighted by atomic mass is 10.1. The number of piperazine rings is 1. The minimum atomic E-state index is -0.228. The zero-order chi connectivity index (χ0) is 15.4. The molecule has 1 fully saturated rings. The lowest BCUT2D eigenvalue weighted by molar-refractivity contribution is 0.0625. The largest absolute Gasteiger partial charge is 0.450 e. The third-order valence-electron chi connectivity index (χ3n) is 3.62. The summed E-state index contributed by atoms with van der Waals surface area (Å²) in [5, 5.41) is 0. The third kappa shape index (κ3) is 4.10. The molecular weight excluding hydrogens is 310 g/mol. The molecule has 1 amide bonds. The number of thiophene rings is 1. The van der Waals surface area contributed by atoms with Gasteiger partial charge >= 0.3 is 6.09 Å². The number of carbonyl (C=O) groups is 1. The molecule has 2 atom stereocenters. The Balaban J connectivity index is 2.00. The molecule has 0 radical (unpaired) electrons. The van der Waals surface area contributed by atoms with Crippen molar-refractivity contribution in [2.75, 3.05) is 32.8 Å². The van der Waals surface area contributed by atoms with Crippen molar-refractivity contribution >= 4 is 29.0 Å². The highest BCUT2D eigenvalue weighted by molar-refractivity contribution is 7.16. The fraction of sp³-hybridized carbons (Fsp3) is 0.643. The van der Waals surface area contributed by atoms with Crippen molar-refractivity contribution in [2.45, 2.75) is 25.9 Å². The van der Waals surface area contributed by atoms with Crippen LogP contribution in [0.4, 0.5) is 4.79 Å². The van der Waals surface area contributed by atoms with Crippen molar-refractivity contribution in [1.82, 2.24) is 9.80 Å². The van der Waals surface area contributed by atoms with Crippen LogP contribution < -0.4 is 5.73 Å². The topological polar surface area (TPSA) is 58.8 Å². The summed E-state index contributed by atoms with van der Waals surface area (Å²) in [4.78, 5) is 17.0. The summed E-state index contributed by atoms with van der Waals surface area (Å²) in [6.45, 7) is 7.16. The van der Waals surface area contributed by atoms with Crippen LogP contribution in [0.1, 0.15) is 24.8 Å². The fourth-order valence-electron chi connectivity index (χ4n) is 2.66. The van der Waals surface area contributed by atoms with Gasteiger partial charge in [-0.3, -0.25) is 4.90 Å². The normalized spacial score (nSPS) is 19.3. The van der Waals surface area contributed by atoms with Gasteiger partial charge < -0.3 is 15.4 Å². The second kappa shape index (κ2) is 7.45. The van der Waals surface area contributed by atoms with E-state index in [1.54, 1.807) is 16.2 Å². The molecular formula is C14H22ClN3O2S. The second-order valence-electron chi connectivity index (χ2n) is 5.17. The monoisotopic (exact) mass is 331 g/mol. The Bertz CT molecular complexity index is 473. The molecule has 2 rings (SSSR count). The molecule has 7 heteroatoms. The Labute approximate surface area is 134 Å². The highest BCUT2D eigenvalue weighted by Gasteiger charge is 2.30. The number of ether oxygens (including phenoxy) is 1. The molecule has 21 heavy (non-hydrogen) atoms. The first kappa shape index (κ1) is 16.5. The predicted molar refractivity (Wildman–Crippen MR) is 85.9 cm³/mol. The van der Waals surface area contributed by atoms with Crippen molar-refractivity contribution in [3.8, 4) is 0 Å². The molecule has 118 valence electrons. The van der Waals surface area contributed by atoms with E-state index in [0.29, 0.717) is 19.7 Å². The summed E-state index contributed by atoms with van der Waals surface area (Å²) >= 11 is 7.61. The zero-order valence-electron chi connectivity index (χ0n) is 12.4. The first-order chi connectivity index (χ1) is 10.0. The molecule has 1 aromatic heterocycles. The zero-order valence-corrected chi connectivity index (χ0v) is 14.0. The summed E-state index contributed by atoms with van der Waals surface area (Å²) in [5.41, 5.74) is 6.17. The SMILES string of the molecule is CCOC(=O)N1CCN(C(c2ccc(Cl)s2)C(C)N)CC1. The number of nitrogens with zero attached hydrogens (tertiary/aromatic N) is 2. The van der Waals surface area contributed by atoms with Crippen LogP contribution >= 0.6 is 22.9 Å². The van der Waals surface area contributed by atoms with Crippen molar-refractivity contribution < 1.29 is 9.53 Å². The maximum Gasteiger partial charge on any atom is 0.409 e. The summed E-state index contributed by atoms with van der Waals surface area (Å²) in [6.07, 6.45) is -0.228. The summed E-state index contributed by atoms with van der Waals surface area (Å²) < 4.78 is 5.82. The van der Waals surface area contributed by atoms with Gasteiger partial charge in [-0.15, -0.1) is 11.3 Å². The van der Waals surface area contributed by atoms with Crippen LogP contribution in [-0.2, 0) is 4.74 Å². The molecule has 2 unspecified atom stereocenters. The highest BCUT2D eigenvalue weighted by atomic mass is 35.5. The van der Waals surface area contributed by atoms with Crippen LogP contribution in [0.2, 0.25) is 4.34 Å². The van der Waals surface area contributed by atoms with Gasteiger partial charge in [0.25, 0.3) is 0 Å². The van der Waals surface area contributed by atoms with Gasteiger partial charge in [-0.1, -0.05) is 11.6 Å². The van der Waals surface area contributed by atoms with Gasteiger partial charge in [-0.05, 0) is 26.0 Å². The van der Waals surface area contributed by atoms with Gasteiger partial charge in [0.1, 0.15) is 0 Å². The highest BCUT2D eigenvalue weighted by Crippen LogP contribution is 2.32.